The molecule has 0 aliphatic heterocycles. The molecule has 0 spiro atoms. The zero-order valence-electron chi connectivity index (χ0n) is 13.4. The molecule has 118 valence electrons. The van der Waals surface area contributed by atoms with Gasteiger partial charge < -0.3 is 0 Å². The molecule has 0 fully saturated rings. The summed E-state index contributed by atoms with van der Waals surface area (Å²) in [6, 6.07) is 19.5. The van der Waals surface area contributed by atoms with Crippen molar-refractivity contribution in [3.05, 3.63) is 69.1 Å². The molecule has 0 aliphatic carbocycles. The molecule has 0 saturated carbocycles. The van der Waals surface area contributed by atoms with Gasteiger partial charge in [0.1, 0.15) is 0 Å². The topological polar surface area (TPSA) is 0 Å². The molecule has 3 heteroatoms. The Morgan fingerprint density at radius 1 is 0.826 bits per heavy atom. The molecule has 0 saturated heterocycles. The Morgan fingerprint density at radius 3 is 2.09 bits per heavy atom. The van der Waals surface area contributed by atoms with Gasteiger partial charge in [-0.05, 0) is 44.6 Å². The largest absolute Gasteiger partial charge is 0.134 e. The average Bonchev–Trinajstić information content (AvgIpc) is 2.89. The highest BCUT2D eigenvalue weighted by Crippen LogP contribution is 2.43. The number of thiophene rings is 1. The summed E-state index contributed by atoms with van der Waals surface area (Å²) in [7, 11) is 0. The lowest BCUT2D eigenvalue weighted by molar-refractivity contribution is 0.590. The summed E-state index contributed by atoms with van der Waals surface area (Å²) in [5.74, 6) is 0. The Balaban J connectivity index is 2.00. The number of rotatable bonds is 2. The van der Waals surface area contributed by atoms with Gasteiger partial charge in [-0.15, -0.1) is 11.3 Å². The quantitative estimate of drug-likeness (QED) is 0.372. The first-order chi connectivity index (χ1) is 10.9. The maximum absolute atomic E-state index is 3.72. The van der Waals surface area contributed by atoms with Crippen molar-refractivity contribution >= 4 is 43.2 Å². The third-order valence-electron chi connectivity index (χ3n) is 3.84. The van der Waals surface area contributed by atoms with Crippen LogP contribution in [0.2, 0.25) is 0 Å². The molecule has 0 amide bonds. The van der Waals surface area contributed by atoms with E-state index in [0.717, 1.165) is 8.95 Å². The number of hydrogen-bond acceptors (Lipinski definition) is 1. The van der Waals surface area contributed by atoms with E-state index >= 15 is 0 Å². The molecule has 3 rings (SSSR count). The van der Waals surface area contributed by atoms with E-state index < -0.39 is 0 Å². The molecule has 1 aromatic heterocycles. The van der Waals surface area contributed by atoms with E-state index in [-0.39, 0.29) is 5.41 Å². The third-order valence-corrected chi connectivity index (χ3v) is 6.64. The molecule has 3 aromatic rings. The van der Waals surface area contributed by atoms with Crippen molar-refractivity contribution in [3.63, 3.8) is 0 Å². The number of hydrogen-bond donors (Lipinski definition) is 0. The van der Waals surface area contributed by atoms with Gasteiger partial charge in [-0.25, -0.2) is 0 Å². The molecule has 0 radical (unpaired) electrons. The standard InChI is InChI=1S/C20H18Br2S/c1-20(2,3)14-10-8-13(9-11-14)18-12-17(22)19(23-18)15-6-4-5-7-16(15)21/h4-12H,1-3H3. The van der Waals surface area contributed by atoms with Crippen molar-refractivity contribution in [1.82, 2.24) is 0 Å². The van der Waals surface area contributed by atoms with Gasteiger partial charge in [-0.2, -0.15) is 0 Å². The summed E-state index contributed by atoms with van der Waals surface area (Å²) in [6.45, 7) is 6.73. The van der Waals surface area contributed by atoms with Gasteiger partial charge in [0.15, 0.2) is 0 Å². The molecule has 0 unspecified atom stereocenters. The van der Waals surface area contributed by atoms with E-state index in [1.165, 1.54) is 26.4 Å². The first kappa shape index (κ1) is 16.9. The van der Waals surface area contributed by atoms with Gasteiger partial charge in [0, 0.05) is 19.4 Å². The van der Waals surface area contributed by atoms with E-state index in [4.69, 9.17) is 0 Å². The van der Waals surface area contributed by atoms with Crippen LogP contribution in [0.15, 0.2) is 63.5 Å². The van der Waals surface area contributed by atoms with Crippen molar-refractivity contribution in [2.75, 3.05) is 0 Å². The Morgan fingerprint density at radius 2 is 1.48 bits per heavy atom. The van der Waals surface area contributed by atoms with Crippen LogP contribution in [0.3, 0.4) is 0 Å². The van der Waals surface area contributed by atoms with Crippen molar-refractivity contribution in [2.45, 2.75) is 26.2 Å². The molecule has 23 heavy (non-hydrogen) atoms. The fourth-order valence-electron chi connectivity index (χ4n) is 2.47. The van der Waals surface area contributed by atoms with Crippen LogP contribution in [0.5, 0.6) is 0 Å². The molecular weight excluding hydrogens is 432 g/mol. The molecule has 0 N–H and O–H groups in total. The van der Waals surface area contributed by atoms with Crippen LogP contribution >= 0.6 is 43.2 Å². The maximum Gasteiger partial charge on any atom is 0.0502 e. The first-order valence-corrected chi connectivity index (χ1v) is 9.91. The van der Waals surface area contributed by atoms with E-state index in [0.29, 0.717) is 0 Å². The van der Waals surface area contributed by atoms with Gasteiger partial charge in [0.05, 0.1) is 4.88 Å². The minimum Gasteiger partial charge on any atom is -0.134 e. The Kier molecular flexibility index (Phi) is 4.82. The van der Waals surface area contributed by atoms with E-state index in [1.54, 1.807) is 0 Å². The number of halogens is 2. The van der Waals surface area contributed by atoms with Crippen LogP contribution in [0.1, 0.15) is 26.3 Å². The minimum atomic E-state index is 0.189. The maximum atomic E-state index is 3.72. The fraction of sp³-hybridized carbons (Fsp3) is 0.200. The van der Waals surface area contributed by atoms with Crippen molar-refractivity contribution in [1.29, 1.82) is 0 Å². The zero-order valence-corrected chi connectivity index (χ0v) is 17.3. The zero-order chi connectivity index (χ0) is 16.6. The first-order valence-electron chi connectivity index (χ1n) is 7.51. The van der Waals surface area contributed by atoms with Crippen LogP contribution in [0.25, 0.3) is 20.9 Å². The van der Waals surface area contributed by atoms with Gasteiger partial charge in [-0.3, -0.25) is 0 Å². The lowest BCUT2D eigenvalue weighted by atomic mass is 9.86. The summed E-state index contributed by atoms with van der Waals surface area (Å²) < 4.78 is 2.27. The normalized spacial score (nSPS) is 11.7. The van der Waals surface area contributed by atoms with Crippen molar-refractivity contribution in [3.8, 4) is 20.9 Å². The van der Waals surface area contributed by atoms with Crippen LogP contribution in [-0.4, -0.2) is 0 Å². The number of benzene rings is 2. The second-order valence-electron chi connectivity index (χ2n) is 6.59. The highest BCUT2D eigenvalue weighted by atomic mass is 79.9. The van der Waals surface area contributed by atoms with E-state index in [9.17, 15) is 0 Å². The Labute approximate surface area is 158 Å². The summed E-state index contributed by atoms with van der Waals surface area (Å²) in [6.07, 6.45) is 0. The minimum absolute atomic E-state index is 0.189. The summed E-state index contributed by atoms with van der Waals surface area (Å²) in [4.78, 5) is 2.54. The van der Waals surface area contributed by atoms with Crippen molar-refractivity contribution in [2.24, 2.45) is 0 Å². The molecule has 0 atom stereocenters. The highest BCUT2D eigenvalue weighted by molar-refractivity contribution is 9.11. The van der Waals surface area contributed by atoms with E-state index in [1.807, 2.05) is 17.4 Å². The van der Waals surface area contributed by atoms with Gasteiger partial charge >= 0.3 is 0 Å². The van der Waals surface area contributed by atoms with Crippen LogP contribution < -0.4 is 0 Å². The predicted molar refractivity (Wildman–Crippen MR) is 109 cm³/mol. The Bertz CT molecular complexity index is 824. The monoisotopic (exact) mass is 448 g/mol. The van der Waals surface area contributed by atoms with Crippen LogP contribution in [0, 0.1) is 0 Å². The lowest BCUT2D eigenvalue weighted by Gasteiger charge is -2.18. The fourth-order valence-corrected chi connectivity index (χ4v) is 5.02. The predicted octanol–water partition coefficient (Wildman–Crippen LogP) is 7.90. The second kappa shape index (κ2) is 6.54. The molecule has 1 heterocycles. The lowest BCUT2D eigenvalue weighted by Crippen LogP contribution is -2.10. The molecule has 0 bridgehead atoms. The average molecular weight is 450 g/mol. The molecular formula is C20H18Br2S. The van der Waals surface area contributed by atoms with Crippen molar-refractivity contribution < 1.29 is 0 Å². The van der Waals surface area contributed by atoms with E-state index in [2.05, 4.69) is 101 Å². The highest BCUT2D eigenvalue weighted by Gasteiger charge is 2.15. The third kappa shape index (κ3) is 3.62. The molecule has 0 aliphatic rings. The van der Waals surface area contributed by atoms with Crippen LogP contribution in [0.4, 0.5) is 0 Å². The smallest absolute Gasteiger partial charge is 0.0502 e. The Hall–Kier alpha value is -0.900. The second-order valence-corrected chi connectivity index (χ2v) is 9.36. The summed E-state index contributed by atoms with van der Waals surface area (Å²) in [5.41, 5.74) is 4.04. The summed E-state index contributed by atoms with van der Waals surface area (Å²) in [5, 5.41) is 0. The molecule has 2 aromatic carbocycles. The van der Waals surface area contributed by atoms with Crippen LogP contribution in [-0.2, 0) is 5.41 Å². The van der Waals surface area contributed by atoms with Gasteiger partial charge in [0.25, 0.3) is 0 Å². The van der Waals surface area contributed by atoms with Gasteiger partial charge in [0.2, 0.25) is 0 Å². The van der Waals surface area contributed by atoms with Gasteiger partial charge in [-0.1, -0.05) is 79.2 Å². The SMILES string of the molecule is CC(C)(C)c1ccc(-c2cc(Br)c(-c3ccccc3Br)s2)cc1. The molecule has 0 nitrogen and oxygen atoms in total. The summed E-state index contributed by atoms with van der Waals surface area (Å²) >= 11 is 9.19.